The molecule has 4 rings (SSSR count). The lowest BCUT2D eigenvalue weighted by molar-refractivity contribution is -0.158. The highest BCUT2D eigenvalue weighted by Crippen LogP contribution is 2.21. The van der Waals surface area contributed by atoms with Gasteiger partial charge < -0.3 is 46.8 Å². The van der Waals surface area contributed by atoms with Crippen molar-refractivity contribution in [2.45, 2.75) is 88.3 Å². The van der Waals surface area contributed by atoms with E-state index < -0.39 is 117 Å². The van der Waals surface area contributed by atoms with Crippen LogP contribution >= 0.6 is 23.5 Å². The van der Waals surface area contributed by atoms with Gasteiger partial charge in [-0.15, -0.1) is 0 Å². The van der Waals surface area contributed by atoms with Gasteiger partial charge in [-0.2, -0.15) is 40.4 Å². The van der Waals surface area contributed by atoms with E-state index in [1.807, 2.05) is 0 Å². The van der Waals surface area contributed by atoms with Crippen molar-refractivity contribution >= 4 is 102 Å². The maximum Gasteiger partial charge on any atom is 0.446 e. The Hall–Kier alpha value is -6.44. The fourth-order valence-corrected chi connectivity index (χ4v) is 9.50. The summed E-state index contributed by atoms with van der Waals surface area (Å²) in [5.74, 6) is -7.56. The summed E-state index contributed by atoms with van der Waals surface area (Å²) in [6.45, 7) is 1.45. The Bertz CT molecular complexity index is 2930. The molecule has 0 saturated heterocycles. The van der Waals surface area contributed by atoms with E-state index in [9.17, 15) is 59.7 Å². The number of H-pyrrole nitrogens is 1. The number of carbonyl (C=O) groups is 8. The lowest BCUT2D eigenvalue weighted by atomic mass is 10.0. The number of rotatable bonds is 30. The fourth-order valence-electron chi connectivity index (χ4n) is 7.70. The molecule has 0 saturated carbocycles. The van der Waals surface area contributed by atoms with E-state index in [0.717, 1.165) is 6.92 Å². The molecule has 0 bridgehead atoms. The van der Waals surface area contributed by atoms with Gasteiger partial charge in [0.25, 0.3) is 17.7 Å². The average Bonchev–Trinajstić information content (AvgIpc) is 3.78. The first-order valence-corrected chi connectivity index (χ1v) is 29.1. The minimum Gasteiger partial charge on any atom is -0.362 e. The molecule has 29 heteroatoms. The first-order valence-electron chi connectivity index (χ1n) is 23.6. The van der Waals surface area contributed by atoms with Crippen LogP contribution in [0, 0.1) is 0 Å². The Balaban J connectivity index is 1.62. The van der Waals surface area contributed by atoms with Gasteiger partial charge in [-0.25, -0.2) is 9.08 Å². The van der Waals surface area contributed by atoms with Gasteiger partial charge >= 0.3 is 20.8 Å². The Morgan fingerprint density at radius 1 is 0.662 bits per heavy atom. The van der Waals surface area contributed by atoms with Crippen LogP contribution in [0.2, 0.25) is 0 Å². The SMILES string of the molecule is CN[C@@H](Cc1ccccc1)C(=O)N(C(=O)[C@H](CCSC)NC(=O)[C@H](Cc1c[nH]c2ccccc12)NC(=O)CNC(=O)[C@H](CCSC)NC(=O)[C@H](Cc1ccc(OS(=O)(=O)O)cc1)NC(C)=O)C(=O)[C@@H](N)[C@@H](C)OS(=O)(=O)O. The topological polar surface area (TPSA) is 381 Å². The van der Waals surface area contributed by atoms with Gasteiger partial charge in [-0.3, -0.25) is 47.5 Å². The minimum atomic E-state index is -5.18. The van der Waals surface area contributed by atoms with Crippen molar-refractivity contribution in [3.63, 3.8) is 0 Å². The molecule has 77 heavy (non-hydrogen) atoms. The van der Waals surface area contributed by atoms with Gasteiger partial charge in [0.1, 0.15) is 42.1 Å². The molecule has 0 aliphatic heterocycles. The van der Waals surface area contributed by atoms with Gasteiger partial charge in [0.15, 0.2) is 0 Å². The second-order valence-corrected chi connectivity index (χ2v) is 21.4. The standard InChI is InChI=1S/C48H63N9O16S4/c1-28(72-76(66,67)68)42(49)48(65)57(47(64)40(50-3)24-30-11-7-6-8-12-30)46(63)37(20-22-75-5)56-45(62)39(25-32-26-51-35-14-10-9-13-34(32)35)54-41(59)27-52-43(60)36(19-21-74-4)55-44(61)38(53-29(2)58)23-31-15-17-33(18-16-31)73-77(69,70)71/h6-18,26,28,36-40,42,50-51H,19-25,27,49H2,1-5H3,(H,52,60)(H,53,58)(H,54,59)(H,55,61)(H,56,62)(H,66,67,68)(H,69,70,71)/t28-,36+,37+,38+,39+,40+,42+/m1/s1. The number of para-hydroxylation sites is 1. The molecular formula is C48H63N9O16S4. The van der Waals surface area contributed by atoms with Gasteiger partial charge in [-0.1, -0.05) is 60.7 Å². The molecule has 1 aromatic heterocycles. The van der Waals surface area contributed by atoms with Crippen molar-refractivity contribution in [1.29, 1.82) is 0 Å². The number of thioether (sulfide) groups is 2. The Kier molecular flexibility index (Phi) is 24.5. The first-order chi connectivity index (χ1) is 36.3. The predicted molar refractivity (Wildman–Crippen MR) is 287 cm³/mol. The third kappa shape index (κ3) is 20.5. The van der Waals surface area contributed by atoms with Gasteiger partial charge in [0, 0.05) is 36.9 Å². The molecule has 0 aliphatic rings. The molecular weight excluding hydrogens is 1090 g/mol. The molecule has 7 atom stereocenters. The van der Waals surface area contributed by atoms with Gasteiger partial charge in [0.05, 0.1) is 12.6 Å². The fraction of sp³-hybridized carbons (Fsp3) is 0.417. The van der Waals surface area contributed by atoms with Crippen molar-refractivity contribution in [2.24, 2.45) is 5.73 Å². The van der Waals surface area contributed by atoms with Crippen LogP contribution in [0.3, 0.4) is 0 Å². The van der Waals surface area contributed by atoms with E-state index in [4.69, 9.17) is 10.3 Å². The lowest BCUT2D eigenvalue weighted by Crippen LogP contribution is -2.63. The highest BCUT2D eigenvalue weighted by atomic mass is 32.3. The number of nitrogens with one attached hydrogen (secondary N) is 7. The number of fused-ring (bicyclic) bond motifs is 1. The van der Waals surface area contributed by atoms with Crippen LogP contribution in [0.4, 0.5) is 0 Å². The van der Waals surface area contributed by atoms with Crippen LogP contribution in [0.25, 0.3) is 10.9 Å². The average molecular weight is 1150 g/mol. The minimum absolute atomic E-state index is 0.0455. The summed E-state index contributed by atoms with van der Waals surface area (Å²) in [7, 11) is -8.58. The molecule has 25 nitrogen and oxygen atoms in total. The molecule has 0 unspecified atom stereocenters. The Morgan fingerprint density at radius 3 is 1.79 bits per heavy atom. The second kappa shape index (κ2) is 29.9. The maximum atomic E-state index is 14.8. The van der Waals surface area contributed by atoms with E-state index in [1.54, 1.807) is 73.3 Å². The number of likely N-dealkylation sites (N-methyl/N-ethyl adjacent to an activating group) is 1. The van der Waals surface area contributed by atoms with E-state index in [1.165, 1.54) is 61.8 Å². The summed E-state index contributed by atoms with van der Waals surface area (Å²) in [5, 5.41) is 16.3. The van der Waals surface area contributed by atoms with Crippen LogP contribution in [0.1, 0.15) is 43.4 Å². The number of aromatic amines is 1. The Morgan fingerprint density at radius 2 is 1.21 bits per heavy atom. The predicted octanol–water partition coefficient (Wildman–Crippen LogP) is -0.0361. The van der Waals surface area contributed by atoms with Crippen molar-refractivity contribution in [3.05, 3.63) is 102 Å². The molecule has 11 N–H and O–H groups in total. The second-order valence-electron chi connectivity index (χ2n) is 17.3. The summed E-state index contributed by atoms with van der Waals surface area (Å²) >= 11 is 2.60. The molecule has 8 amide bonds. The van der Waals surface area contributed by atoms with Crippen molar-refractivity contribution < 1.29 is 72.7 Å². The number of hydrogen-bond donors (Lipinski definition) is 10. The number of amides is 8. The normalized spacial score (nSPS) is 14.3. The summed E-state index contributed by atoms with van der Waals surface area (Å²) in [5.41, 5.74) is 8.38. The lowest BCUT2D eigenvalue weighted by Gasteiger charge is -2.31. The van der Waals surface area contributed by atoms with Crippen LogP contribution in [0.5, 0.6) is 5.75 Å². The van der Waals surface area contributed by atoms with Crippen LogP contribution in [-0.4, -0.2) is 163 Å². The smallest absolute Gasteiger partial charge is 0.362 e. The van der Waals surface area contributed by atoms with Crippen molar-refractivity contribution in [1.82, 2.24) is 41.8 Å². The summed E-state index contributed by atoms with van der Waals surface area (Å²) < 4.78 is 72.8. The largest absolute Gasteiger partial charge is 0.446 e. The summed E-state index contributed by atoms with van der Waals surface area (Å²) in [4.78, 5) is 115. The van der Waals surface area contributed by atoms with E-state index in [0.29, 0.717) is 33.3 Å². The maximum absolute atomic E-state index is 14.8. The number of nitrogens with two attached hydrogens (primary N) is 1. The number of hydrogen-bond acceptors (Lipinski definition) is 18. The van der Waals surface area contributed by atoms with E-state index in [2.05, 4.69) is 45.3 Å². The van der Waals surface area contributed by atoms with Crippen LogP contribution in [0.15, 0.2) is 85.1 Å². The van der Waals surface area contributed by atoms with Crippen molar-refractivity contribution in [3.8, 4) is 5.75 Å². The van der Waals surface area contributed by atoms with E-state index in [-0.39, 0.29) is 48.5 Å². The quantitative estimate of drug-likeness (QED) is 0.0306. The molecule has 4 aromatic rings. The number of nitrogens with zero attached hydrogens (tertiary/aromatic N) is 1. The number of aromatic nitrogens is 1. The third-order valence-corrected chi connectivity index (χ3v) is 13.8. The van der Waals surface area contributed by atoms with Gasteiger partial charge in [0.2, 0.25) is 29.5 Å². The highest BCUT2D eigenvalue weighted by Gasteiger charge is 2.42. The molecule has 0 spiro atoms. The molecule has 0 radical (unpaired) electrons. The first kappa shape index (κ1) is 63.1. The molecule has 0 fully saturated rings. The zero-order chi connectivity index (χ0) is 57.0. The van der Waals surface area contributed by atoms with Crippen LogP contribution < -0.4 is 41.8 Å². The summed E-state index contributed by atoms with van der Waals surface area (Å²) in [6.07, 6.45) is 2.75. The monoisotopic (exact) mass is 1150 g/mol. The third-order valence-electron chi connectivity index (χ3n) is 11.6. The van der Waals surface area contributed by atoms with Gasteiger partial charge in [-0.05, 0) is 92.1 Å². The number of carbonyl (C=O) groups excluding carboxylic acids is 8. The van der Waals surface area contributed by atoms with E-state index >= 15 is 0 Å². The highest BCUT2D eigenvalue weighted by molar-refractivity contribution is 7.98. The molecule has 3 aromatic carbocycles. The zero-order valence-electron chi connectivity index (χ0n) is 42.5. The van der Waals surface area contributed by atoms with Crippen LogP contribution in [-0.2, 0) is 82.6 Å². The molecule has 0 aliphatic carbocycles. The van der Waals surface area contributed by atoms with Crippen molar-refractivity contribution in [2.75, 3.05) is 37.6 Å². The molecule has 1 heterocycles. The zero-order valence-corrected chi connectivity index (χ0v) is 45.8. The Labute approximate surface area is 453 Å². The summed E-state index contributed by atoms with van der Waals surface area (Å²) in [6, 6.07) is 11.9. The molecule has 420 valence electrons. The number of imide groups is 3. The number of benzene rings is 3.